The first-order valence-corrected chi connectivity index (χ1v) is 17.0. The van der Waals surface area contributed by atoms with Crippen LogP contribution in [0.5, 0.6) is 11.8 Å². The summed E-state index contributed by atoms with van der Waals surface area (Å²) in [5.74, 6) is 2.58. The van der Waals surface area contributed by atoms with Crippen LogP contribution in [-0.4, -0.2) is 80.0 Å². The molecule has 0 bridgehead atoms. The number of anilines is 1. The second-order valence-corrected chi connectivity index (χ2v) is 14.7. The SMILES string of the molecule is C#Cc1c(F)ccc2cc(O)cc(-c3ncc4c(N5CCC6(CCCS6)CC5)nc(OC[C@@]56CCCN5C[C@H](F)C6)nc4c3F)c12. The predicted octanol–water partition coefficient (Wildman–Crippen LogP) is 6.63. The zero-order valence-electron chi connectivity index (χ0n) is 25.4. The van der Waals surface area contributed by atoms with E-state index < -0.39 is 23.3 Å². The van der Waals surface area contributed by atoms with Gasteiger partial charge in [-0.3, -0.25) is 9.88 Å². The third kappa shape index (κ3) is 4.83. The Bertz CT molecular complexity index is 1900. The number of ether oxygens (including phenoxy) is 1. The van der Waals surface area contributed by atoms with Gasteiger partial charge in [-0.15, -0.1) is 6.42 Å². The number of nitrogens with zero attached hydrogens (tertiary/aromatic N) is 5. The minimum Gasteiger partial charge on any atom is -0.508 e. The summed E-state index contributed by atoms with van der Waals surface area (Å²) in [5, 5.41) is 11.7. The monoisotopic (exact) mass is 645 g/mol. The minimum absolute atomic E-state index is 0.00579. The molecule has 1 N–H and O–H groups in total. The molecule has 7 nitrogen and oxygen atoms in total. The number of phenolic OH excluding ortho intramolecular Hbond substituents is 1. The molecule has 4 fully saturated rings. The van der Waals surface area contributed by atoms with Gasteiger partial charge in [0.1, 0.15) is 41.4 Å². The summed E-state index contributed by atoms with van der Waals surface area (Å²) in [5.41, 5.74) is -0.430. The van der Waals surface area contributed by atoms with Crippen molar-refractivity contribution >= 4 is 39.3 Å². The predicted molar refractivity (Wildman–Crippen MR) is 174 cm³/mol. The van der Waals surface area contributed by atoms with E-state index in [0.29, 0.717) is 29.6 Å². The van der Waals surface area contributed by atoms with Crippen LogP contribution < -0.4 is 9.64 Å². The number of halogens is 3. The molecule has 46 heavy (non-hydrogen) atoms. The second kappa shape index (κ2) is 11.2. The normalized spacial score (nSPS) is 24.2. The largest absolute Gasteiger partial charge is 0.508 e. The maximum atomic E-state index is 16.8. The van der Waals surface area contributed by atoms with Crippen molar-refractivity contribution in [2.24, 2.45) is 0 Å². The van der Waals surface area contributed by atoms with Crippen molar-refractivity contribution in [1.29, 1.82) is 0 Å². The molecule has 2 aromatic carbocycles. The van der Waals surface area contributed by atoms with Crippen molar-refractivity contribution in [2.45, 2.75) is 61.4 Å². The lowest BCUT2D eigenvalue weighted by atomic mass is 9.91. The topological polar surface area (TPSA) is 74.6 Å². The molecule has 11 heteroatoms. The number of hydrogen-bond acceptors (Lipinski definition) is 8. The minimum atomic E-state index is -0.910. The van der Waals surface area contributed by atoms with Gasteiger partial charge in [0.05, 0.1) is 16.5 Å². The highest BCUT2D eigenvalue weighted by molar-refractivity contribution is 8.00. The Labute approximate surface area is 269 Å². The first kappa shape index (κ1) is 29.6. The lowest BCUT2D eigenvalue weighted by Crippen LogP contribution is -2.43. The lowest BCUT2D eigenvalue weighted by Gasteiger charge is -2.39. The maximum Gasteiger partial charge on any atom is 0.319 e. The van der Waals surface area contributed by atoms with E-state index in [-0.39, 0.29) is 50.8 Å². The number of pyridine rings is 1. The number of thioether (sulfide) groups is 1. The van der Waals surface area contributed by atoms with Crippen molar-refractivity contribution < 1.29 is 23.0 Å². The molecule has 1 spiro atoms. The Balaban J connectivity index is 1.25. The fourth-order valence-electron chi connectivity index (χ4n) is 8.19. The molecule has 238 valence electrons. The Morgan fingerprint density at radius 2 is 1.93 bits per heavy atom. The molecule has 8 rings (SSSR count). The van der Waals surface area contributed by atoms with Gasteiger partial charge in [0.15, 0.2) is 5.82 Å². The molecule has 2 atom stereocenters. The highest BCUT2D eigenvalue weighted by Crippen LogP contribution is 2.47. The number of aromatic nitrogens is 3. The second-order valence-electron chi connectivity index (χ2n) is 13.2. The Hall–Kier alpha value is -3.75. The molecule has 0 aliphatic carbocycles. The van der Waals surface area contributed by atoms with Crippen LogP contribution in [0, 0.1) is 24.0 Å². The summed E-state index contributed by atoms with van der Waals surface area (Å²) in [7, 11) is 0. The molecule has 2 aromatic heterocycles. The number of benzene rings is 2. The number of phenols is 1. The molecule has 0 amide bonds. The molecule has 0 radical (unpaired) electrons. The van der Waals surface area contributed by atoms with Crippen LogP contribution in [0.4, 0.5) is 19.0 Å². The lowest BCUT2D eigenvalue weighted by molar-refractivity contribution is 0.107. The van der Waals surface area contributed by atoms with Crippen LogP contribution in [0.2, 0.25) is 0 Å². The molecule has 4 saturated heterocycles. The van der Waals surface area contributed by atoms with E-state index >= 15 is 4.39 Å². The van der Waals surface area contributed by atoms with E-state index in [9.17, 15) is 13.9 Å². The van der Waals surface area contributed by atoms with Gasteiger partial charge in [-0.05, 0) is 74.4 Å². The third-order valence-electron chi connectivity index (χ3n) is 10.5. The fourth-order valence-corrected chi connectivity index (χ4v) is 9.67. The molecule has 0 saturated carbocycles. The molecular weight excluding hydrogens is 611 g/mol. The zero-order valence-corrected chi connectivity index (χ0v) is 26.2. The van der Waals surface area contributed by atoms with Crippen LogP contribution >= 0.6 is 11.8 Å². The van der Waals surface area contributed by atoms with Gasteiger partial charge < -0.3 is 14.7 Å². The summed E-state index contributed by atoms with van der Waals surface area (Å²) in [6.07, 6.45) is 12.9. The quantitative estimate of drug-likeness (QED) is 0.243. The summed E-state index contributed by atoms with van der Waals surface area (Å²) in [4.78, 5) is 18.2. The fraction of sp³-hybridized carbons (Fsp3) is 0.457. The van der Waals surface area contributed by atoms with Gasteiger partial charge in [0, 0.05) is 47.9 Å². The van der Waals surface area contributed by atoms with Gasteiger partial charge in [-0.1, -0.05) is 12.0 Å². The average molecular weight is 646 g/mol. The molecule has 4 aromatic rings. The first-order valence-electron chi connectivity index (χ1n) is 16.0. The summed E-state index contributed by atoms with van der Waals surface area (Å²) in [6.45, 7) is 2.93. The number of piperidine rings is 1. The average Bonchev–Trinajstić information content (AvgIpc) is 3.75. The van der Waals surface area contributed by atoms with E-state index in [0.717, 1.165) is 45.3 Å². The number of rotatable bonds is 5. The Kier molecular flexibility index (Phi) is 7.22. The van der Waals surface area contributed by atoms with Gasteiger partial charge in [0.2, 0.25) is 0 Å². The van der Waals surface area contributed by atoms with Crippen LogP contribution in [0.25, 0.3) is 32.9 Å². The van der Waals surface area contributed by atoms with E-state index in [1.54, 1.807) is 0 Å². The van der Waals surface area contributed by atoms with Crippen LogP contribution in [0.15, 0.2) is 30.5 Å². The summed E-state index contributed by atoms with van der Waals surface area (Å²) >= 11 is 2.06. The van der Waals surface area contributed by atoms with Crippen molar-refractivity contribution in [3.63, 3.8) is 0 Å². The van der Waals surface area contributed by atoms with Crippen LogP contribution in [0.3, 0.4) is 0 Å². The number of hydrogen-bond donors (Lipinski definition) is 1. The number of alkyl halides is 1. The van der Waals surface area contributed by atoms with Gasteiger partial charge in [-0.25, -0.2) is 13.2 Å². The Morgan fingerprint density at radius 1 is 1.09 bits per heavy atom. The molecule has 4 aliphatic rings. The van der Waals surface area contributed by atoms with Crippen LogP contribution in [0.1, 0.15) is 50.5 Å². The van der Waals surface area contributed by atoms with E-state index in [1.165, 1.54) is 49.1 Å². The smallest absolute Gasteiger partial charge is 0.319 e. The van der Waals surface area contributed by atoms with E-state index in [1.807, 2.05) is 0 Å². The number of terminal acetylenes is 1. The molecule has 4 aliphatic heterocycles. The van der Waals surface area contributed by atoms with Crippen molar-refractivity contribution in [1.82, 2.24) is 19.9 Å². The van der Waals surface area contributed by atoms with Gasteiger partial charge in [-0.2, -0.15) is 21.7 Å². The first-order chi connectivity index (χ1) is 22.3. The maximum absolute atomic E-state index is 16.8. The molecule has 6 heterocycles. The highest BCUT2D eigenvalue weighted by Gasteiger charge is 2.49. The summed E-state index contributed by atoms with van der Waals surface area (Å²) < 4.78 is 52.7. The number of fused-ring (bicyclic) bond motifs is 3. The van der Waals surface area contributed by atoms with E-state index in [4.69, 9.17) is 16.1 Å². The molecular formula is C35H34F3N5O2S. The van der Waals surface area contributed by atoms with Crippen molar-refractivity contribution in [3.8, 4) is 35.4 Å². The summed E-state index contributed by atoms with van der Waals surface area (Å²) in [6, 6.07) is 5.52. The standard InChI is InChI=1S/C35H34F3N5O2S/c1-2-24-27(37)6-5-21-15-23(44)16-25(28(21)24)30-29(38)31-26(18-39-30)32(42-12-9-35(10-13-42)8-4-14-46-35)41-33(40-31)45-20-34-7-3-11-43(34)19-22(36)17-34/h1,5-6,15-16,18,22,44H,3-4,7-14,17,19-20H2/t22-,34+/m1/s1. The van der Waals surface area contributed by atoms with Crippen LogP contribution in [-0.2, 0) is 0 Å². The van der Waals surface area contributed by atoms with Crippen molar-refractivity contribution in [3.05, 3.63) is 47.7 Å². The number of aromatic hydroxyl groups is 1. The van der Waals surface area contributed by atoms with Crippen molar-refractivity contribution in [2.75, 3.05) is 43.4 Å². The highest BCUT2D eigenvalue weighted by atomic mass is 32.2. The van der Waals surface area contributed by atoms with E-state index in [2.05, 4.69) is 37.5 Å². The third-order valence-corrected chi connectivity index (χ3v) is 12.2. The zero-order chi connectivity index (χ0) is 31.6. The molecule has 0 unspecified atom stereocenters. The van der Waals surface area contributed by atoms with Gasteiger partial charge >= 0.3 is 6.01 Å². The van der Waals surface area contributed by atoms with Gasteiger partial charge in [0.25, 0.3) is 0 Å². The Morgan fingerprint density at radius 3 is 2.72 bits per heavy atom.